The summed E-state index contributed by atoms with van der Waals surface area (Å²) in [4.78, 5) is 11.6. The Labute approximate surface area is 550 Å². The number of benzene rings is 8. The Kier molecular flexibility index (Phi) is 16.0. The van der Waals surface area contributed by atoms with Gasteiger partial charge in [-0.05, 0) is 38.7 Å². The number of aliphatic imine (C=N–C) groups is 2. The molecule has 394 valence electrons. The molecule has 3 heterocycles. The van der Waals surface area contributed by atoms with Crippen LogP contribution in [0.25, 0.3) is 71.7 Å². The maximum Gasteiger partial charge on any atom is 0.158 e. The molecule has 0 saturated heterocycles. The zero-order chi connectivity index (χ0) is 64.9. The van der Waals surface area contributed by atoms with Gasteiger partial charge >= 0.3 is 0 Å². The molecule has 88 heavy (non-hydrogen) atoms. The number of nitrogens with zero attached hydrogens (tertiary/aromatic N) is 3. The summed E-state index contributed by atoms with van der Waals surface area (Å²) in [7, 11) is 70.3. The lowest BCUT2D eigenvalue weighted by atomic mass is 9.56. The molecule has 0 saturated carbocycles. The van der Waals surface area contributed by atoms with Crippen LogP contribution in [0.2, 0.25) is 0 Å². The first-order valence-corrected chi connectivity index (χ1v) is 32.1. The molecule has 10 aromatic rings. The van der Waals surface area contributed by atoms with Crippen LogP contribution in [0.4, 0.5) is 0 Å². The van der Waals surface area contributed by atoms with Gasteiger partial charge in [0.25, 0.3) is 0 Å². The minimum absolute atomic E-state index is 0.235. The first kappa shape index (κ1) is 63.9. The Hall–Kier alpha value is -5.69. The molecule has 0 radical (unpaired) electrons. The van der Waals surface area contributed by atoms with E-state index < -0.39 is 6.17 Å². The number of fused-ring (bicyclic) bond motifs is 6. The Morgan fingerprint density at radius 1 is 0.295 bits per heavy atom. The summed E-state index contributed by atoms with van der Waals surface area (Å²) in [6.45, 7) is 0. The summed E-state index contributed by atoms with van der Waals surface area (Å²) in [5.41, 5.74) is 51.7. The molecule has 6 nitrogen and oxygen atoms in total. The molecule has 1 aliphatic heterocycles. The number of furan rings is 1. The summed E-state index contributed by atoms with van der Waals surface area (Å²) < 4.78 is 9.81. The van der Waals surface area contributed by atoms with Gasteiger partial charge in [0.05, 0.1) is 11.1 Å². The third-order valence-electron chi connectivity index (χ3n) is 24.2. The van der Waals surface area contributed by atoms with Gasteiger partial charge in [-0.3, -0.25) is 0 Å². The summed E-state index contributed by atoms with van der Waals surface area (Å²) in [6, 6.07) is 0. The molecule has 2 aromatic heterocycles. The molecule has 0 aliphatic carbocycles. The minimum atomic E-state index is -0.530. The number of rotatable bonds is 6. The Morgan fingerprint density at radius 2 is 0.625 bits per heavy atom. The van der Waals surface area contributed by atoms with Crippen LogP contribution in [-0.2, 0) is 0 Å². The van der Waals surface area contributed by atoms with Crippen molar-refractivity contribution in [3.05, 3.63) is 16.7 Å². The lowest BCUT2D eigenvalue weighted by molar-refractivity contribution is 0.480. The van der Waals surface area contributed by atoms with Crippen LogP contribution in [0.1, 0.15) is 22.9 Å². The van der Waals surface area contributed by atoms with E-state index in [4.69, 9.17) is 14.4 Å². The summed E-state index contributed by atoms with van der Waals surface area (Å²) in [5.74, 6) is 1.78. The fourth-order valence-corrected chi connectivity index (χ4v) is 16.5. The van der Waals surface area contributed by atoms with Crippen LogP contribution >= 0.6 is 0 Å². The maximum atomic E-state index is 13.7. The normalized spacial score (nSPS) is 13.4. The largest absolute Gasteiger partial charge is 0.505 e. The van der Waals surface area contributed by atoms with E-state index in [9.17, 15) is 5.11 Å². The van der Waals surface area contributed by atoms with Gasteiger partial charge in [0.2, 0.25) is 0 Å². The van der Waals surface area contributed by atoms with Crippen molar-refractivity contribution in [1.82, 2.24) is 9.88 Å². The molecule has 37 heteroatoms. The Balaban J connectivity index is 1.22. The van der Waals surface area contributed by atoms with Crippen molar-refractivity contribution in [3.63, 3.8) is 0 Å². The highest BCUT2D eigenvalue weighted by Crippen LogP contribution is 2.39. The number of hydrogen-bond donors (Lipinski definition) is 2. The van der Waals surface area contributed by atoms with Crippen LogP contribution in [0, 0.1) is 0 Å². The van der Waals surface area contributed by atoms with E-state index in [2.05, 4.69) is 253 Å². The van der Waals surface area contributed by atoms with Gasteiger partial charge in [0.1, 0.15) is 266 Å². The molecule has 11 rings (SSSR count). The second-order valence-electron chi connectivity index (χ2n) is 27.5. The van der Waals surface area contributed by atoms with Crippen molar-refractivity contribution in [1.29, 1.82) is 0 Å². The van der Waals surface area contributed by atoms with Gasteiger partial charge in [-0.1, -0.05) is 104 Å². The van der Waals surface area contributed by atoms with E-state index in [0.29, 0.717) is 5.58 Å². The molecule has 0 spiro atoms. The maximum absolute atomic E-state index is 13.7. The second kappa shape index (κ2) is 22.0. The topological polar surface area (TPSA) is 75.0 Å². The average Bonchev–Trinajstić information content (AvgIpc) is 1.51. The van der Waals surface area contributed by atoms with Gasteiger partial charge < -0.3 is 19.4 Å². The third-order valence-corrected chi connectivity index (χ3v) is 24.2. The molecule has 8 aromatic carbocycles. The number of aromatic nitrogens is 1. The SMILES string of the molecule is Bc1c(B)c(B)c(C2=NC(c3c(B)c(B)c(B)c(-c4c(B)c(B)c(B)c(B)c4B)c3B)=NC(c3c(B)c(B)c4c(oc5c(B)c(B)c(-n6c7c(B)c(B)c(B)c(B)c7c7c(B)c(-c8c(B)c(B)c(B)c(B)c8B)c(B)c(B)c76)c(O)c54)c3B)N2)c(B)c1B. The third kappa shape index (κ3) is 8.60. The quantitative estimate of drug-likeness (QED) is 0.163. The standard InChI is InChI=1S/C51H65B31N4O2/c52-12-1(3-15(55)28(68)35(75)29(69)16(3)56)19(59)39(79)43-5(12)6-20(60)32(72)38(78)40(80)44(6)86(43)45-41(81)42(82)48-8(46(45)87)7-21(61)22(62)11(26(66)47(7)88-48)51-84-49(83-50(85-51)10-24(64)33(73)37(77)34(74)25(10)65)9-13(53)2(14(54)27(67)23(9)63)4-17(57)30(70)36(76)31(71)18(4)58/h51,87H,52-82H2,(H,83,84,85). The van der Waals surface area contributed by atoms with E-state index in [1.165, 1.54) is 175 Å². The van der Waals surface area contributed by atoms with Gasteiger partial charge in [-0.2, -0.15) is 0 Å². The average molecular weight is 1100 g/mol. The summed E-state index contributed by atoms with van der Waals surface area (Å²) in [6.07, 6.45) is -0.530. The van der Waals surface area contributed by atoms with E-state index in [1.807, 2.05) is 0 Å². The molecular formula is C51H65B31N4O2. The molecule has 0 fully saturated rings. The molecular weight excluding hydrogens is 1040 g/mol. The van der Waals surface area contributed by atoms with Crippen LogP contribution in [-0.4, -0.2) is 265 Å². The molecule has 2 N–H and O–H groups in total. The number of phenols is 1. The van der Waals surface area contributed by atoms with Crippen molar-refractivity contribution in [2.45, 2.75) is 6.17 Å². The predicted molar refractivity (Wildman–Crippen MR) is 486 cm³/mol. The minimum Gasteiger partial charge on any atom is -0.505 e. The highest BCUT2D eigenvalue weighted by Gasteiger charge is 2.35. The monoisotopic (exact) mass is 1110 g/mol. The van der Waals surface area contributed by atoms with Crippen LogP contribution < -0.4 is 175 Å². The van der Waals surface area contributed by atoms with Gasteiger partial charge in [0, 0.05) is 32.9 Å². The van der Waals surface area contributed by atoms with Crippen LogP contribution in [0.3, 0.4) is 0 Å². The van der Waals surface area contributed by atoms with Crippen LogP contribution in [0.15, 0.2) is 14.4 Å². The number of aromatic hydroxyl groups is 1. The van der Waals surface area contributed by atoms with Crippen molar-refractivity contribution in [2.24, 2.45) is 9.98 Å². The summed E-state index contributed by atoms with van der Waals surface area (Å²) >= 11 is 0. The van der Waals surface area contributed by atoms with Crippen molar-refractivity contribution in [3.8, 4) is 33.7 Å². The lowest BCUT2D eigenvalue weighted by Gasteiger charge is -2.32. The fraction of sp³-hybridized carbons (Fsp3) is 0.0196. The van der Waals surface area contributed by atoms with Crippen LogP contribution in [0.5, 0.6) is 5.75 Å². The number of amidine groups is 2. The van der Waals surface area contributed by atoms with Crippen molar-refractivity contribution >= 4 is 468 Å². The molecule has 1 atom stereocenters. The molecule has 1 unspecified atom stereocenters. The molecule has 1 aliphatic rings. The van der Waals surface area contributed by atoms with E-state index in [-0.39, 0.29) is 5.75 Å². The first-order valence-electron chi connectivity index (χ1n) is 32.1. The lowest BCUT2D eigenvalue weighted by Crippen LogP contribution is -2.59. The van der Waals surface area contributed by atoms with E-state index in [1.54, 1.807) is 0 Å². The number of phenolic OH excluding ortho intramolecular Hbond substituents is 1. The number of hydrogen-bond acceptors (Lipinski definition) is 5. The fourth-order valence-electron chi connectivity index (χ4n) is 16.5. The van der Waals surface area contributed by atoms with E-state index >= 15 is 0 Å². The smallest absolute Gasteiger partial charge is 0.158 e. The van der Waals surface area contributed by atoms with Crippen molar-refractivity contribution in [2.75, 3.05) is 0 Å². The van der Waals surface area contributed by atoms with E-state index in [0.717, 1.165) is 88.8 Å². The molecule has 0 amide bonds. The first-order chi connectivity index (χ1) is 41.1. The van der Waals surface area contributed by atoms with Gasteiger partial charge in [-0.15, -0.1) is 60.1 Å². The van der Waals surface area contributed by atoms with Crippen molar-refractivity contribution < 1.29 is 9.52 Å². The zero-order valence-electron chi connectivity index (χ0n) is 59.3. The Bertz CT molecular complexity index is 4960. The number of nitrogens with one attached hydrogen (secondary N) is 1. The van der Waals surface area contributed by atoms with Gasteiger partial charge in [0.15, 0.2) is 11.6 Å². The Morgan fingerprint density at radius 3 is 1.10 bits per heavy atom. The molecule has 0 bridgehead atoms. The highest BCUT2D eigenvalue weighted by molar-refractivity contribution is 6.76. The second-order valence-corrected chi connectivity index (χ2v) is 27.5. The summed E-state index contributed by atoms with van der Waals surface area (Å²) in [5, 5.41) is 22.0. The zero-order valence-corrected chi connectivity index (χ0v) is 59.3. The predicted octanol–water partition coefficient (Wildman–Crippen LogP) is -41.8. The highest BCUT2D eigenvalue weighted by atomic mass is 16.3. The van der Waals surface area contributed by atoms with Gasteiger partial charge in [-0.25, -0.2) is 9.98 Å².